The van der Waals surface area contributed by atoms with Crippen LogP contribution in [0.25, 0.3) is 11.1 Å². The second-order valence-electron chi connectivity index (χ2n) is 5.03. The lowest BCUT2D eigenvalue weighted by Crippen LogP contribution is -2.16. The van der Waals surface area contributed by atoms with Gasteiger partial charge in [-0.25, -0.2) is 0 Å². The number of ether oxygens (including phenoxy) is 2. The van der Waals surface area contributed by atoms with Crippen molar-refractivity contribution in [1.82, 2.24) is 0 Å². The van der Waals surface area contributed by atoms with Crippen molar-refractivity contribution in [3.8, 4) is 16.9 Å². The van der Waals surface area contributed by atoms with Gasteiger partial charge < -0.3 is 9.47 Å². The molecule has 1 aliphatic rings. The summed E-state index contributed by atoms with van der Waals surface area (Å²) in [5, 5.41) is 0. The van der Waals surface area contributed by atoms with Crippen LogP contribution < -0.4 is 4.74 Å². The Bertz CT molecular complexity index is 574. The predicted molar refractivity (Wildman–Crippen MR) is 84.4 cm³/mol. The summed E-state index contributed by atoms with van der Waals surface area (Å²) in [6, 6.07) is 16.6. The van der Waals surface area contributed by atoms with Crippen LogP contribution >= 0.6 is 22.6 Å². The van der Waals surface area contributed by atoms with E-state index in [0.29, 0.717) is 6.61 Å². The van der Waals surface area contributed by atoms with Gasteiger partial charge in [-0.05, 0) is 58.8 Å². The fourth-order valence-corrected chi connectivity index (χ4v) is 2.57. The third-order valence-electron chi connectivity index (χ3n) is 3.22. The van der Waals surface area contributed by atoms with Gasteiger partial charge in [-0.2, -0.15) is 0 Å². The van der Waals surface area contributed by atoms with E-state index < -0.39 is 0 Å². The molecule has 0 N–H and O–H groups in total. The van der Waals surface area contributed by atoms with Gasteiger partial charge in [0, 0.05) is 3.57 Å². The van der Waals surface area contributed by atoms with Gasteiger partial charge in [-0.1, -0.05) is 30.3 Å². The molecular weight excluding hydrogens is 351 g/mol. The van der Waals surface area contributed by atoms with Crippen LogP contribution in [0, 0.1) is 3.57 Å². The molecule has 98 valence electrons. The van der Waals surface area contributed by atoms with E-state index in [2.05, 4.69) is 65.9 Å². The van der Waals surface area contributed by atoms with Gasteiger partial charge in [-0.15, -0.1) is 0 Å². The zero-order valence-corrected chi connectivity index (χ0v) is 12.9. The van der Waals surface area contributed by atoms with Gasteiger partial charge in [0.2, 0.25) is 0 Å². The summed E-state index contributed by atoms with van der Waals surface area (Å²) >= 11 is 2.36. The molecule has 2 nitrogen and oxygen atoms in total. The molecule has 1 saturated heterocycles. The molecule has 2 aromatic rings. The molecule has 0 aromatic heterocycles. The lowest BCUT2D eigenvalue weighted by Gasteiger charge is -2.10. The lowest BCUT2D eigenvalue weighted by atomic mass is 10.1. The van der Waals surface area contributed by atoms with Gasteiger partial charge in [0.05, 0.1) is 6.61 Å². The minimum atomic E-state index is -0.0620. The van der Waals surface area contributed by atoms with Gasteiger partial charge in [0.25, 0.3) is 0 Å². The highest BCUT2D eigenvalue weighted by molar-refractivity contribution is 14.1. The Hall–Kier alpha value is -1.07. The molecule has 0 bridgehead atoms. The SMILES string of the molecule is CC1(COc2ccc(-c3ccccc3I)cc2)CO1. The zero-order chi connectivity index (χ0) is 13.3. The summed E-state index contributed by atoms with van der Waals surface area (Å²) in [6.07, 6.45) is 0. The van der Waals surface area contributed by atoms with Gasteiger partial charge in [0.15, 0.2) is 0 Å². The highest BCUT2D eigenvalue weighted by Gasteiger charge is 2.40. The van der Waals surface area contributed by atoms with Crippen LogP contribution in [-0.4, -0.2) is 18.8 Å². The molecule has 0 saturated carbocycles. The first-order valence-electron chi connectivity index (χ1n) is 6.28. The molecule has 1 unspecified atom stereocenters. The number of benzene rings is 2. The molecule has 0 spiro atoms. The average Bonchev–Trinajstić information content (AvgIpc) is 3.16. The minimum Gasteiger partial charge on any atom is -0.491 e. The van der Waals surface area contributed by atoms with Gasteiger partial charge in [0.1, 0.15) is 18.0 Å². The van der Waals surface area contributed by atoms with E-state index in [0.717, 1.165) is 12.4 Å². The standard InChI is InChI=1S/C16H15IO2/c1-16(11-19-16)10-18-13-8-6-12(7-9-13)14-4-2-3-5-15(14)17/h2-9H,10-11H2,1H3. The second-order valence-corrected chi connectivity index (χ2v) is 6.19. The number of halogens is 1. The number of hydrogen-bond donors (Lipinski definition) is 0. The summed E-state index contributed by atoms with van der Waals surface area (Å²) in [7, 11) is 0. The second kappa shape index (κ2) is 5.13. The van der Waals surface area contributed by atoms with Crippen LogP contribution in [0.5, 0.6) is 5.75 Å². The van der Waals surface area contributed by atoms with Gasteiger partial charge >= 0.3 is 0 Å². The van der Waals surface area contributed by atoms with E-state index in [1.165, 1.54) is 14.7 Å². The first kappa shape index (κ1) is 12.9. The smallest absolute Gasteiger partial charge is 0.123 e. The Balaban J connectivity index is 1.73. The third-order valence-corrected chi connectivity index (χ3v) is 4.16. The maximum absolute atomic E-state index is 5.73. The van der Waals surface area contributed by atoms with Gasteiger partial charge in [-0.3, -0.25) is 0 Å². The fourth-order valence-electron chi connectivity index (χ4n) is 1.87. The molecule has 1 atom stereocenters. The Morgan fingerprint density at radius 2 is 1.84 bits per heavy atom. The molecule has 1 fully saturated rings. The van der Waals surface area contributed by atoms with E-state index >= 15 is 0 Å². The molecule has 3 heteroatoms. The maximum atomic E-state index is 5.73. The average molecular weight is 366 g/mol. The first-order chi connectivity index (χ1) is 9.16. The summed E-state index contributed by atoms with van der Waals surface area (Å²) in [6.45, 7) is 3.48. The van der Waals surface area contributed by atoms with E-state index in [4.69, 9.17) is 9.47 Å². The topological polar surface area (TPSA) is 21.8 Å². The van der Waals surface area contributed by atoms with E-state index in [1.54, 1.807) is 0 Å². The molecule has 0 amide bonds. The van der Waals surface area contributed by atoms with Crippen LogP contribution in [0.15, 0.2) is 48.5 Å². The Kier molecular flexibility index (Phi) is 3.50. The van der Waals surface area contributed by atoms with Crippen LogP contribution in [-0.2, 0) is 4.74 Å². The Morgan fingerprint density at radius 3 is 2.47 bits per heavy atom. The first-order valence-corrected chi connectivity index (χ1v) is 7.36. The number of hydrogen-bond acceptors (Lipinski definition) is 2. The molecule has 0 radical (unpaired) electrons. The van der Waals surface area contributed by atoms with Crippen molar-refractivity contribution in [1.29, 1.82) is 0 Å². The minimum absolute atomic E-state index is 0.0620. The van der Waals surface area contributed by atoms with E-state index in [9.17, 15) is 0 Å². The fraction of sp³-hybridized carbons (Fsp3) is 0.250. The molecule has 19 heavy (non-hydrogen) atoms. The monoisotopic (exact) mass is 366 g/mol. The molecule has 3 rings (SSSR count). The van der Waals surface area contributed by atoms with Crippen LogP contribution in [0.4, 0.5) is 0 Å². The van der Waals surface area contributed by atoms with Crippen molar-refractivity contribution in [3.63, 3.8) is 0 Å². The Morgan fingerprint density at radius 1 is 1.16 bits per heavy atom. The van der Waals surface area contributed by atoms with Crippen molar-refractivity contribution >= 4 is 22.6 Å². The van der Waals surface area contributed by atoms with Crippen molar-refractivity contribution < 1.29 is 9.47 Å². The zero-order valence-electron chi connectivity index (χ0n) is 10.7. The highest BCUT2D eigenvalue weighted by Crippen LogP contribution is 2.29. The molecule has 1 aliphatic heterocycles. The molecule has 1 heterocycles. The van der Waals surface area contributed by atoms with Crippen molar-refractivity contribution in [3.05, 3.63) is 52.1 Å². The summed E-state index contributed by atoms with van der Waals surface area (Å²) in [5.74, 6) is 0.895. The summed E-state index contributed by atoms with van der Waals surface area (Å²) in [5.41, 5.74) is 2.41. The Labute approximate surface area is 126 Å². The number of rotatable bonds is 4. The van der Waals surface area contributed by atoms with Crippen molar-refractivity contribution in [2.24, 2.45) is 0 Å². The highest BCUT2D eigenvalue weighted by atomic mass is 127. The van der Waals surface area contributed by atoms with E-state index in [1.807, 2.05) is 12.1 Å². The van der Waals surface area contributed by atoms with E-state index in [-0.39, 0.29) is 5.60 Å². The third kappa shape index (κ3) is 3.09. The molecular formula is C16H15IO2. The van der Waals surface area contributed by atoms with Crippen molar-refractivity contribution in [2.45, 2.75) is 12.5 Å². The maximum Gasteiger partial charge on any atom is 0.123 e. The number of epoxide rings is 1. The van der Waals surface area contributed by atoms with Crippen LogP contribution in [0.3, 0.4) is 0 Å². The lowest BCUT2D eigenvalue weighted by molar-refractivity contribution is 0.202. The van der Waals surface area contributed by atoms with Crippen LogP contribution in [0.2, 0.25) is 0 Å². The summed E-state index contributed by atoms with van der Waals surface area (Å²) in [4.78, 5) is 0. The normalized spacial score (nSPS) is 21.2. The quantitative estimate of drug-likeness (QED) is 0.600. The summed E-state index contributed by atoms with van der Waals surface area (Å²) < 4.78 is 12.3. The predicted octanol–water partition coefficient (Wildman–Crippen LogP) is 4.13. The largest absolute Gasteiger partial charge is 0.491 e. The molecule has 2 aromatic carbocycles. The van der Waals surface area contributed by atoms with Crippen molar-refractivity contribution in [2.75, 3.05) is 13.2 Å². The molecule has 0 aliphatic carbocycles. The van der Waals surface area contributed by atoms with Crippen LogP contribution in [0.1, 0.15) is 6.92 Å².